The van der Waals surface area contributed by atoms with E-state index in [1.165, 1.54) is 6.08 Å². The maximum absolute atomic E-state index is 11.9. The van der Waals surface area contributed by atoms with Crippen molar-refractivity contribution in [1.82, 2.24) is 0 Å². The van der Waals surface area contributed by atoms with Gasteiger partial charge in [0.1, 0.15) is 18.1 Å². The van der Waals surface area contributed by atoms with E-state index in [4.69, 9.17) is 37.4 Å². The molecule has 170 valence electrons. The number of nitrogens with one attached hydrogen (secondary N) is 1. The normalized spacial score (nSPS) is 10.6. The molecule has 3 aromatic rings. The second kappa shape index (κ2) is 11.9. The van der Waals surface area contributed by atoms with Gasteiger partial charge in [-0.3, -0.25) is 4.79 Å². The summed E-state index contributed by atoms with van der Waals surface area (Å²) >= 11 is 12.3. The molecule has 0 aliphatic carbocycles. The maximum Gasteiger partial charge on any atom is 0.331 e. The molecule has 33 heavy (non-hydrogen) atoms. The van der Waals surface area contributed by atoms with Crippen molar-refractivity contribution in [1.29, 1.82) is 0 Å². The maximum atomic E-state index is 11.9. The smallest absolute Gasteiger partial charge is 0.331 e. The Hall–Kier alpha value is -3.48. The van der Waals surface area contributed by atoms with Gasteiger partial charge < -0.3 is 19.5 Å². The van der Waals surface area contributed by atoms with E-state index in [9.17, 15) is 9.59 Å². The van der Waals surface area contributed by atoms with Gasteiger partial charge in [0.25, 0.3) is 5.91 Å². The number of rotatable bonds is 9. The Kier molecular flexibility index (Phi) is 8.75. The van der Waals surface area contributed by atoms with Gasteiger partial charge in [-0.05, 0) is 60.2 Å². The van der Waals surface area contributed by atoms with Crippen molar-refractivity contribution in [2.45, 2.75) is 6.61 Å². The van der Waals surface area contributed by atoms with Gasteiger partial charge in [0.15, 0.2) is 6.61 Å². The number of amides is 1. The molecule has 0 fully saturated rings. The zero-order valence-corrected chi connectivity index (χ0v) is 19.2. The second-order valence-corrected chi connectivity index (χ2v) is 7.59. The minimum atomic E-state index is -0.631. The summed E-state index contributed by atoms with van der Waals surface area (Å²) in [6.45, 7) is -0.162. The van der Waals surface area contributed by atoms with E-state index in [2.05, 4.69) is 5.32 Å². The quantitative estimate of drug-likeness (QED) is 0.307. The number of methoxy groups -OCH3 is 1. The number of carbonyl (C=O) groups is 2. The van der Waals surface area contributed by atoms with Gasteiger partial charge in [-0.15, -0.1) is 0 Å². The molecule has 0 atom stereocenters. The van der Waals surface area contributed by atoms with Crippen molar-refractivity contribution in [2.75, 3.05) is 19.0 Å². The van der Waals surface area contributed by atoms with Crippen LogP contribution in [0.5, 0.6) is 11.5 Å². The van der Waals surface area contributed by atoms with Crippen LogP contribution in [-0.2, 0) is 20.9 Å². The van der Waals surface area contributed by atoms with Crippen molar-refractivity contribution >= 4 is 46.8 Å². The molecular weight excluding hydrogens is 465 g/mol. The second-order valence-electron chi connectivity index (χ2n) is 6.78. The molecule has 0 unspecified atom stereocenters. The molecule has 3 aromatic carbocycles. The Labute approximate surface area is 201 Å². The summed E-state index contributed by atoms with van der Waals surface area (Å²) in [4.78, 5) is 23.8. The predicted molar refractivity (Wildman–Crippen MR) is 129 cm³/mol. The number of hydrogen-bond donors (Lipinski definition) is 1. The van der Waals surface area contributed by atoms with E-state index in [-0.39, 0.29) is 6.61 Å². The molecule has 0 heterocycles. The monoisotopic (exact) mass is 485 g/mol. The zero-order valence-electron chi connectivity index (χ0n) is 17.7. The molecule has 0 saturated carbocycles. The zero-order chi connectivity index (χ0) is 23.6. The van der Waals surface area contributed by atoms with Crippen LogP contribution < -0.4 is 14.8 Å². The topological polar surface area (TPSA) is 73.9 Å². The van der Waals surface area contributed by atoms with Crippen LogP contribution in [0, 0.1) is 0 Å². The molecule has 0 aliphatic rings. The summed E-state index contributed by atoms with van der Waals surface area (Å²) in [7, 11) is 1.56. The first-order valence-electron chi connectivity index (χ1n) is 9.89. The highest BCUT2D eigenvalue weighted by Crippen LogP contribution is 2.26. The lowest BCUT2D eigenvalue weighted by atomic mass is 10.2. The number of benzene rings is 3. The Morgan fingerprint density at radius 2 is 1.55 bits per heavy atom. The standard InChI is InChI=1S/C25H21Cl2NO5/c1-31-19-12-8-18(9-13-19)28-24(29)16-33-25(30)14-7-17-5-10-20(11-6-17)32-15-21-22(26)3-2-4-23(21)27/h2-14H,15-16H2,1H3,(H,28,29)/b14-7+. The molecular formula is C25H21Cl2NO5. The minimum Gasteiger partial charge on any atom is -0.497 e. The highest BCUT2D eigenvalue weighted by Gasteiger charge is 2.07. The number of hydrogen-bond acceptors (Lipinski definition) is 5. The Morgan fingerprint density at radius 3 is 2.18 bits per heavy atom. The summed E-state index contributed by atoms with van der Waals surface area (Å²) in [6, 6.07) is 19.2. The molecule has 1 amide bonds. The van der Waals surface area contributed by atoms with Gasteiger partial charge >= 0.3 is 5.97 Å². The molecule has 6 nitrogen and oxygen atoms in total. The van der Waals surface area contributed by atoms with Crippen molar-refractivity contribution in [3.05, 3.63) is 94.0 Å². The third-order valence-electron chi connectivity index (χ3n) is 4.46. The summed E-state index contributed by atoms with van der Waals surface area (Å²) in [6.07, 6.45) is 2.83. The van der Waals surface area contributed by atoms with Crippen LogP contribution >= 0.6 is 23.2 Å². The van der Waals surface area contributed by atoms with Crippen LogP contribution in [0.3, 0.4) is 0 Å². The van der Waals surface area contributed by atoms with Crippen LogP contribution in [0.1, 0.15) is 11.1 Å². The molecule has 1 N–H and O–H groups in total. The fourth-order valence-corrected chi connectivity index (χ4v) is 3.23. The SMILES string of the molecule is COc1ccc(NC(=O)COC(=O)/C=C/c2ccc(OCc3c(Cl)cccc3Cl)cc2)cc1. The molecule has 0 saturated heterocycles. The number of anilines is 1. The first kappa shape index (κ1) is 24.2. The van der Waals surface area contributed by atoms with Crippen LogP contribution in [0.4, 0.5) is 5.69 Å². The Balaban J connectivity index is 1.44. The number of esters is 1. The highest BCUT2D eigenvalue weighted by atomic mass is 35.5. The fourth-order valence-electron chi connectivity index (χ4n) is 2.72. The summed E-state index contributed by atoms with van der Waals surface area (Å²) < 4.78 is 15.7. The van der Waals surface area contributed by atoms with E-state index in [1.54, 1.807) is 79.9 Å². The van der Waals surface area contributed by atoms with Gasteiger partial charge in [0, 0.05) is 27.4 Å². The first-order chi connectivity index (χ1) is 15.9. The van der Waals surface area contributed by atoms with Crippen LogP contribution in [0.15, 0.2) is 72.8 Å². The summed E-state index contributed by atoms with van der Waals surface area (Å²) in [5, 5.41) is 3.71. The average Bonchev–Trinajstić information content (AvgIpc) is 2.82. The lowest BCUT2D eigenvalue weighted by Gasteiger charge is -2.09. The molecule has 0 aliphatic heterocycles. The molecule has 0 bridgehead atoms. The molecule has 0 spiro atoms. The number of ether oxygens (including phenoxy) is 3. The van der Waals surface area contributed by atoms with Gasteiger partial charge in [-0.2, -0.15) is 0 Å². The number of halogens is 2. The van der Waals surface area contributed by atoms with E-state index in [0.29, 0.717) is 32.8 Å². The van der Waals surface area contributed by atoms with E-state index >= 15 is 0 Å². The third-order valence-corrected chi connectivity index (χ3v) is 5.16. The van der Waals surface area contributed by atoms with E-state index in [0.717, 1.165) is 5.56 Å². The minimum absolute atomic E-state index is 0.235. The van der Waals surface area contributed by atoms with Gasteiger partial charge in [0.05, 0.1) is 7.11 Å². The van der Waals surface area contributed by atoms with Crippen LogP contribution in [0.25, 0.3) is 6.08 Å². The Bertz CT molecular complexity index is 1110. The number of carbonyl (C=O) groups excluding carboxylic acids is 2. The fraction of sp³-hybridized carbons (Fsp3) is 0.120. The van der Waals surface area contributed by atoms with E-state index in [1.807, 2.05) is 0 Å². The third kappa shape index (κ3) is 7.56. The van der Waals surface area contributed by atoms with Gasteiger partial charge in [-0.25, -0.2) is 4.79 Å². The van der Waals surface area contributed by atoms with Crippen LogP contribution in [0.2, 0.25) is 10.0 Å². The summed E-state index contributed by atoms with van der Waals surface area (Å²) in [5.74, 6) is 0.227. The van der Waals surface area contributed by atoms with Crippen molar-refractivity contribution < 1.29 is 23.8 Å². The largest absolute Gasteiger partial charge is 0.497 e. The van der Waals surface area contributed by atoms with E-state index < -0.39 is 18.5 Å². The summed E-state index contributed by atoms with van der Waals surface area (Å²) in [5.41, 5.74) is 2.05. The molecule has 0 aromatic heterocycles. The van der Waals surface area contributed by atoms with Crippen molar-refractivity contribution in [3.63, 3.8) is 0 Å². The molecule has 3 rings (SSSR count). The van der Waals surface area contributed by atoms with Crippen LogP contribution in [-0.4, -0.2) is 25.6 Å². The van der Waals surface area contributed by atoms with Crippen molar-refractivity contribution in [3.8, 4) is 11.5 Å². The van der Waals surface area contributed by atoms with Gasteiger partial charge in [0.2, 0.25) is 0 Å². The molecule has 8 heteroatoms. The van der Waals surface area contributed by atoms with Gasteiger partial charge in [-0.1, -0.05) is 41.4 Å². The highest BCUT2D eigenvalue weighted by molar-refractivity contribution is 6.35. The lowest BCUT2D eigenvalue weighted by Crippen LogP contribution is -2.20. The Morgan fingerprint density at radius 1 is 0.909 bits per heavy atom. The lowest BCUT2D eigenvalue weighted by molar-refractivity contribution is -0.142. The first-order valence-corrected chi connectivity index (χ1v) is 10.6. The molecule has 0 radical (unpaired) electrons. The predicted octanol–water partition coefficient (Wildman–Crippen LogP) is 5.78. The average molecular weight is 486 g/mol. The van der Waals surface area contributed by atoms with Crippen molar-refractivity contribution in [2.24, 2.45) is 0 Å².